The van der Waals surface area contributed by atoms with Crippen LogP contribution >= 0.6 is 0 Å². The molecule has 2 aromatic carbocycles. The minimum absolute atomic E-state index is 0.523. The van der Waals surface area contributed by atoms with E-state index in [9.17, 15) is 0 Å². The molecular weight excluding hydrogens is 288 g/mol. The van der Waals surface area contributed by atoms with E-state index in [0.717, 1.165) is 16.9 Å². The van der Waals surface area contributed by atoms with Crippen molar-refractivity contribution in [2.24, 2.45) is 0 Å². The van der Waals surface area contributed by atoms with Crippen LogP contribution in [0.4, 0.5) is 5.69 Å². The maximum Gasteiger partial charge on any atom is 0.219 e. The van der Waals surface area contributed by atoms with Crippen LogP contribution < -0.4 is 15.2 Å². The van der Waals surface area contributed by atoms with Gasteiger partial charge >= 0.3 is 0 Å². The van der Waals surface area contributed by atoms with Crippen molar-refractivity contribution in [1.82, 2.24) is 4.98 Å². The van der Waals surface area contributed by atoms with Crippen LogP contribution in [0.15, 0.2) is 66.9 Å². The number of nitrogen functional groups attached to an aromatic ring is 1. The minimum Gasteiger partial charge on any atom is -0.489 e. The molecule has 2 N–H and O–H groups in total. The Bertz CT molecular complexity index is 771. The third-order valence-electron chi connectivity index (χ3n) is 3.42. The van der Waals surface area contributed by atoms with Gasteiger partial charge in [-0.2, -0.15) is 0 Å². The van der Waals surface area contributed by atoms with Crippen molar-refractivity contribution in [3.05, 3.63) is 78.0 Å². The van der Waals surface area contributed by atoms with Gasteiger partial charge in [-0.25, -0.2) is 4.98 Å². The van der Waals surface area contributed by atoms with Gasteiger partial charge in [-0.05, 0) is 42.3 Å². The van der Waals surface area contributed by atoms with Crippen molar-refractivity contribution in [3.8, 4) is 17.4 Å². The summed E-state index contributed by atoms with van der Waals surface area (Å²) in [4.78, 5) is 4.15. The van der Waals surface area contributed by atoms with Crippen LogP contribution in [0.3, 0.4) is 0 Å². The maximum atomic E-state index is 5.75. The third-order valence-corrected chi connectivity index (χ3v) is 3.42. The lowest BCUT2D eigenvalue weighted by atomic mass is 10.2. The fraction of sp³-hybridized carbons (Fsp3) is 0.105. The number of hydrogen-bond donors (Lipinski definition) is 1. The summed E-state index contributed by atoms with van der Waals surface area (Å²) in [5.74, 6) is 2.02. The van der Waals surface area contributed by atoms with E-state index in [1.54, 1.807) is 6.20 Å². The Morgan fingerprint density at radius 3 is 2.35 bits per heavy atom. The van der Waals surface area contributed by atoms with Crippen LogP contribution in [-0.2, 0) is 6.61 Å². The van der Waals surface area contributed by atoms with Crippen LogP contribution in [0.25, 0.3) is 0 Å². The number of aromatic nitrogens is 1. The lowest BCUT2D eigenvalue weighted by molar-refractivity contribution is 0.305. The molecule has 3 rings (SSSR count). The summed E-state index contributed by atoms with van der Waals surface area (Å²) >= 11 is 0. The topological polar surface area (TPSA) is 57.4 Å². The molecule has 0 radical (unpaired) electrons. The molecule has 0 saturated carbocycles. The number of ether oxygens (including phenoxy) is 2. The molecule has 1 aromatic heterocycles. The molecule has 116 valence electrons. The highest BCUT2D eigenvalue weighted by Crippen LogP contribution is 2.24. The van der Waals surface area contributed by atoms with Gasteiger partial charge in [0.15, 0.2) is 0 Å². The van der Waals surface area contributed by atoms with E-state index in [2.05, 4.69) is 4.98 Å². The van der Waals surface area contributed by atoms with Gasteiger partial charge in [-0.15, -0.1) is 0 Å². The Morgan fingerprint density at radius 2 is 1.65 bits per heavy atom. The molecule has 0 amide bonds. The van der Waals surface area contributed by atoms with Gasteiger partial charge in [-0.1, -0.05) is 30.3 Å². The maximum absolute atomic E-state index is 5.75. The fourth-order valence-corrected chi connectivity index (χ4v) is 2.06. The van der Waals surface area contributed by atoms with Crippen molar-refractivity contribution in [2.75, 3.05) is 5.73 Å². The van der Waals surface area contributed by atoms with Crippen LogP contribution in [0, 0.1) is 6.92 Å². The van der Waals surface area contributed by atoms with Gasteiger partial charge < -0.3 is 15.2 Å². The Morgan fingerprint density at radius 1 is 0.957 bits per heavy atom. The van der Waals surface area contributed by atoms with Crippen molar-refractivity contribution >= 4 is 5.69 Å². The predicted molar refractivity (Wildman–Crippen MR) is 90.7 cm³/mol. The Balaban J connectivity index is 1.61. The molecule has 0 atom stereocenters. The molecule has 0 aliphatic carbocycles. The largest absolute Gasteiger partial charge is 0.489 e. The van der Waals surface area contributed by atoms with E-state index < -0.39 is 0 Å². The first kappa shape index (κ1) is 14.9. The first-order valence-corrected chi connectivity index (χ1v) is 7.37. The second-order valence-electron chi connectivity index (χ2n) is 5.23. The van der Waals surface area contributed by atoms with Crippen molar-refractivity contribution in [1.29, 1.82) is 0 Å². The van der Waals surface area contributed by atoms with Gasteiger partial charge in [0.1, 0.15) is 18.1 Å². The molecule has 0 aliphatic rings. The monoisotopic (exact) mass is 306 g/mol. The SMILES string of the molecule is Cc1cc(Oc2ccc(OCc3ccccc3)cc2)ncc1N. The van der Waals surface area contributed by atoms with Gasteiger partial charge in [0.05, 0.1) is 11.9 Å². The third kappa shape index (κ3) is 4.01. The van der Waals surface area contributed by atoms with Gasteiger partial charge in [-0.3, -0.25) is 0 Å². The standard InChI is InChI=1S/C19H18N2O2/c1-14-11-19(21-12-18(14)20)23-17-9-7-16(8-10-17)22-13-15-5-3-2-4-6-15/h2-12H,13,20H2,1H3. The Kier molecular flexibility index (Phi) is 4.43. The average molecular weight is 306 g/mol. The lowest BCUT2D eigenvalue weighted by Gasteiger charge is -2.09. The first-order chi connectivity index (χ1) is 11.2. The van der Waals surface area contributed by atoms with Crippen LogP contribution in [0.2, 0.25) is 0 Å². The Labute approximate surface area is 135 Å². The van der Waals surface area contributed by atoms with Crippen LogP contribution in [-0.4, -0.2) is 4.98 Å². The van der Waals surface area contributed by atoms with E-state index in [0.29, 0.717) is 23.9 Å². The fourth-order valence-electron chi connectivity index (χ4n) is 2.06. The number of aryl methyl sites for hydroxylation is 1. The van der Waals surface area contributed by atoms with Gasteiger partial charge in [0.2, 0.25) is 5.88 Å². The molecular formula is C19H18N2O2. The molecule has 3 aromatic rings. The zero-order valence-electron chi connectivity index (χ0n) is 12.9. The minimum atomic E-state index is 0.523. The molecule has 4 nitrogen and oxygen atoms in total. The molecule has 0 fully saturated rings. The first-order valence-electron chi connectivity index (χ1n) is 7.37. The molecule has 23 heavy (non-hydrogen) atoms. The van der Waals surface area contributed by atoms with E-state index in [1.807, 2.05) is 67.6 Å². The van der Waals surface area contributed by atoms with Crippen molar-refractivity contribution in [3.63, 3.8) is 0 Å². The molecule has 0 spiro atoms. The summed E-state index contributed by atoms with van der Waals surface area (Å²) in [5, 5.41) is 0. The molecule has 4 heteroatoms. The van der Waals surface area contributed by atoms with Crippen molar-refractivity contribution < 1.29 is 9.47 Å². The molecule has 0 aliphatic heterocycles. The van der Waals surface area contributed by atoms with E-state index in [1.165, 1.54) is 0 Å². The number of pyridine rings is 1. The highest BCUT2D eigenvalue weighted by atomic mass is 16.5. The molecule has 1 heterocycles. The van der Waals surface area contributed by atoms with Gasteiger partial charge in [0, 0.05) is 6.07 Å². The van der Waals surface area contributed by atoms with E-state index >= 15 is 0 Å². The lowest BCUT2D eigenvalue weighted by Crippen LogP contribution is -1.95. The highest BCUT2D eigenvalue weighted by molar-refractivity contribution is 5.46. The summed E-state index contributed by atoms with van der Waals surface area (Å²) < 4.78 is 11.5. The number of nitrogens with zero attached hydrogens (tertiary/aromatic N) is 1. The number of hydrogen-bond acceptors (Lipinski definition) is 4. The second-order valence-corrected chi connectivity index (χ2v) is 5.23. The number of benzene rings is 2. The molecule has 0 bridgehead atoms. The summed E-state index contributed by atoms with van der Waals surface area (Å²) in [5.41, 5.74) is 8.48. The summed E-state index contributed by atoms with van der Waals surface area (Å²) in [7, 11) is 0. The summed E-state index contributed by atoms with van der Waals surface area (Å²) in [6.07, 6.45) is 1.60. The number of nitrogens with two attached hydrogens (primary N) is 1. The van der Waals surface area contributed by atoms with Gasteiger partial charge in [0.25, 0.3) is 0 Å². The van der Waals surface area contributed by atoms with E-state index in [4.69, 9.17) is 15.2 Å². The quantitative estimate of drug-likeness (QED) is 0.761. The summed E-state index contributed by atoms with van der Waals surface area (Å²) in [6.45, 7) is 2.46. The summed E-state index contributed by atoms with van der Waals surface area (Å²) in [6, 6.07) is 19.3. The smallest absolute Gasteiger partial charge is 0.219 e. The predicted octanol–water partition coefficient (Wildman–Crippen LogP) is 4.34. The normalized spacial score (nSPS) is 10.3. The number of anilines is 1. The number of rotatable bonds is 5. The highest BCUT2D eigenvalue weighted by Gasteiger charge is 2.02. The van der Waals surface area contributed by atoms with Crippen LogP contribution in [0.5, 0.6) is 17.4 Å². The Hall–Kier alpha value is -3.01. The second kappa shape index (κ2) is 6.83. The molecule has 0 unspecified atom stereocenters. The molecule has 0 saturated heterocycles. The zero-order chi connectivity index (χ0) is 16.1. The van der Waals surface area contributed by atoms with Crippen molar-refractivity contribution in [2.45, 2.75) is 13.5 Å². The average Bonchev–Trinajstić information content (AvgIpc) is 2.58. The zero-order valence-corrected chi connectivity index (χ0v) is 12.9. The van der Waals surface area contributed by atoms with Crippen LogP contribution in [0.1, 0.15) is 11.1 Å². The van der Waals surface area contributed by atoms with E-state index in [-0.39, 0.29) is 0 Å².